The van der Waals surface area contributed by atoms with Crippen LogP contribution in [0.5, 0.6) is 0 Å². The zero-order valence-corrected chi connectivity index (χ0v) is 13.0. The maximum atomic E-state index is 12.2. The van der Waals surface area contributed by atoms with E-state index in [0.29, 0.717) is 12.5 Å². The zero-order chi connectivity index (χ0) is 14.2. The fourth-order valence-corrected chi connectivity index (χ4v) is 4.51. The van der Waals surface area contributed by atoms with Crippen molar-refractivity contribution in [3.05, 3.63) is 27.4 Å². The van der Waals surface area contributed by atoms with E-state index in [1.807, 2.05) is 6.92 Å². The number of aromatic nitrogens is 2. The van der Waals surface area contributed by atoms with E-state index in [-0.39, 0.29) is 11.2 Å². The summed E-state index contributed by atoms with van der Waals surface area (Å²) in [5, 5.41) is 0. The van der Waals surface area contributed by atoms with Gasteiger partial charge in [-0.15, -0.1) is 0 Å². The van der Waals surface area contributed by atoms with E-state index in [1.54, 1.807) is 11.8 Å². The zero-order valence-electron chi connectivity index (χ0n) is 12.2. The minimum atomic E-state index is -0.381. The molecule has 0 spiro atoms. The van der Waals surface area contributed by atoms with Crippen LogP contribution in [0.3, 0.4) is 0 Å². The molecule has 1 N–H and O–H groups in total. The highest BCUT2D eigenvalue weighted by atomic mass is 32.2. The molecule has 110 valence electrons. The molecule has 1 saturated carbocycles. The Kier molecular flexibility index (Phi) is 3.91. The number of thioether (sulfide) groups is 1. The Balaban J connectivity index is 2.03. The highest BCUT2D eigenvalue weighted by Gasteiger charge is 2.40. The average Bonchev–Trinajstić information content (AvgIpc) is 2.88. The van der Waals surface area contributed by atoms with Gasteiger partial charge < -0.3 is 9.72 Å². The van der Waals surface area contributed by atoms with Gasteiger partial charge in [-0.3, -0.25) is 4.79 Å². The Morgan fingerprint density at radius 3 is 3.10 bits per heavy atom. The van der Waals surface area contributed by atoms with E-state index in [1.165, 1.54) is 6.42 Å². The number of rotatable bonds is 3. The Labute approximate surface area is 123 Å². The molecule has 2 atom stereocenters. The van der Waals surface area contributed by atoms with E-state index >= 15 is 0 Å². The van der Waals surface area contributed by atoms with Crippen LogP contribution in [0, 0.1) is 5.92 Å². The standard InChI is InChI=1S/C15H22N2O2S/c1-3-19-15(6-4-5-10(2)7-15)14-16-12-9-20-8-11(12)13(18)17-14/h10H,3-9H2,1-2H3,(H,16,17,18). The summed E-state index contributed by atoms with van der Waals surface area (Å²) in [5.41, 5.74) is 1.47. The molecular weight excluding hydrogens is 272 g/mol. The average molecular weight is 294 g/mol. The first-order chi connectivity index (χ1) is 9.64. The molecular formula is C15H22N2O2S. The number of nitrogens with zero attached hydrogens (tertiary/aromatic N) is 1. The lowest BCUT2D eigenvalue weighted by atomic mass is 9.78. The molecule has 3 rings (SSSR count). The summed E-state index contributed by atoms with van der Waals surface area (Å²) in [5.74, 6) is 3.01. The summed E-state index contributed by atoms with van der Waals surface area (Å²) >= 11 is 1.76. The lowest BCUT2D eigenvalue weighted by molar-refractivity contribution is -0.0883. The fourth-order valence-electron chi connectivity index (χ4n) is 3.47. The lowest BCUT2D eigenvalue weighted by Gasteiger charge is -2.38. The van der Waals surface area contributed by atoms with Crippen LogP contribution in [0.4, 0.5) is 0 Å². The number of aromatic amines is 1. The van der Waals surface area contributed by atoms with Crippen molar-refractivity contribution in [2.45, 2.75) is 56.6 Å². The third kappa shape index (κ3) is 2.42. The molecule has 1 aromatic rings. The van der Waals surface area contributed by atoms with Gasteiger partial charge in [0.25, 0.3) is 5.56 Å². The largest absolute Gasteiger partial charge is 0.367 e. The molecule has 0 radical (unpaired) electrons. The molecule has 2 aliphatic rings. The van der Waals surface area contributed by atoms with Crippen molar-refractivity contribution >= 4 is 11.8 Å². The van der Waals surface area contributed by atoms with Crippen LogP contribution in [-0.4, -0.2) is 16.6 Å². The maximum absolute atomic E-state index is 12.2. The van der Waals surface area contributed by atoms with Gasteiger partial charge in [0.2, 0.25) is 0 Å². The highest BCUT2D eigenvalue weighted by molar-refractivity contribution is 7.98. The van der Waals surface area contributed by atoms with Crippen LogP contribution in [0.15, 0.2) is 4.79 Å². The SMILES string of the molecule is CCOC1(c2nc3c(c(=O)[nH]2)CSC3)CCCC(C)C1. The topological polar surface area (TPSA) is 55.0 Å². The quantitative estimate of drug-likeness (QED) is 0.931. The Morgan fingerprint density at radius 1 is 1.50 bits per heavy atom. The molecule has 2 heterocycles. The first-order valence-electron chi connectivity index (χ1n) is 7.49. The van der Waals surface area contributed by atoms with Crippen molar-refractivity contribution in [1.82, 2.24) is 9.97 Å². The molecule has 1 fully saturated rings. The van der Waals surface area contributed by atoms with Crippen LogP contribution >= 0.6 is 11.8 Å². The Bertz CT molecular complexity index is 553. The number of fused-ring (bicyclic) bond motifs is 1. The van der Waals surface area contributed by atoms with Gasteiger partial charge in [-0.05, 0) is 32.1 Å². The summed E-state index contributed by atoms with van der Waals surface area (Å²) in [7, 11) is 0. The second-order valence-corrected chi connectivity index (χ2v) is 6.95. The molecule has 2 unspecified atom stereocenters. The molecule has 4 nitrogen and oxygen atoms in total. The monoisotopic (exact) mass is 294 g/mol. The van der Waals surface area contributed by atoms with Crippen molar-refractivity contribution in [2.24, 2.45) is 5.92 Å². The summed E-state index contributed by atoms with van der Waals surface area (Å²) in [6.45, 7) is 4.93. The third-order valence-corrected chi connectivity index (χ3v) is 5.36. The fraction of sp³-hybridized carbons (Fsp3) is 0.733. The van der Waals surface area contributed by atoms with Crippen LogP contribution in [0.2, 0.25) is 0 Å². The van der Waals surface area contributed by atoms with E-state index in [0.717, 1.165) is 47.8 Å². The van der Waals surface area contributed by atoms with Crippen LogP contribution < -0.4 is 5.56 Å². The van der Waals surface area contributed by atoms with Gasteiger partial charge >= 0.3 is 0 Å². The van der Waals surface area contributed by atoms with Crippen molar-refractivity contribution < 1.29 is 4.74 Å². The lowest BCUT2D eigenvalue weighted by Crippen LogP contribution is -2.39. The van der Waals surface area contributed by atoms with Gasteiger partial charge in [0, 0.05) is 23.7 Å². The van der Waals surface area contributed by atoms with Gasteiger partial charge in [-0.25, -0.2) is 4.98 Å². The summed E-state index contributed by atoms with van der Waals surface area (Å²) in [4.78, 5) is 20.0. The van der Waals surface area contributed by atoms with E-state index in [9.17, 15) is 4.79 Å². The second-order valence-electron chi connectivity index (χ2n) is 5.96. The van der Waals surface area contributed by atoms with Crippen LogP contribution in [0.1, 0.15) is 56.6 Å². The molecule has 1 aromatic heterocycles. The van der Waals surface area contributed by atoms with Gasteiger partial charge in [-0.1, -0.05) is 13.3 Å². The molecule has 5 heteroatoms. The van der Waals surface area contributed by atoms with Crippen molar-refractivity contribution in [2.75, 3.05) is 6.61 Å². The minimum Gasteiger partial charge on any atom is -0.367 e. The summed E-state index contributed by atoms with van der Waals surface area (Å²) < 4.78 is 6.10. The molecule has 1 aliphatic heterocycles. The predicted octanol–water partition coefficient (Wildman–Crippen LogP) is 2.96. The first kappa shape index (κ1) is 14.1. The molecule has 0 amide bonds. The summed E-state index contributed by atoms with van der Waals surface area (Å²) in [6, 6.07) is 0. The minimum absolute atomic E-state index is 0.0345. The first-order valence-corrected chi connectivity index (χ1v) is 8.64. The number of nitrogens with one attached hydrogen (secondary N) is 1. The van der Waals surface area contributed by atoms with Crippen molar-refractivity contribution in [3.63, 3.8) is 0 Å². The van der Waals surface area contributed by atoms with Gasteiger partial charge in [0.15, 0.2) is 0 Å². The number of hydrogen-bond donors (Lipinski definition) is 1. The van der Waals surface area contributed by atoms with Gasteiger partial charge in [0.1, 0.15) is 11.4 Å². The van der Waals surface area contributed by atoms with Crippen LogP contribution in [0.25, 0.3) is 0 Å². The summed E-state index contributed by atoms with van der Waals surface area (Å²) in [6.07, 6.45) is 4.28. The molecule has 20 heavy (non-hydrogen) atoms. The third-order valence-electron chi connectivity index (χ3n) is 4.39. The normalized spacial score (nSPS) is 29.4. The van der Waals surface area contributed by atoms with Crippen molar-refractivity contribution in [3.8, 4) is 0 Å². The Hall–Kier alpha value is -0.810. The highest BCUT2D eigenvalue weighted by Crippen LogP contribution is 2.41. The molecule has 0 bridgehead atoms. The second kappa shape index (κ2) is 5.53. The van der Waals surface area contributed by atoms with Gasteiger partial charge in [0.05, 0.1) is 5.69 Å². The Morgan fingerprint density at radius 2 is 2.35 bits per heavy atom. The number of ether oxygens (including phenoxy) is 1. The molecule has 0 saturated heterocycles. The predicted molar refractivity (Wildman–Crippen MR) is 80.8 cm³/mol. The van der Waals surface area contributed by atoms with Crippen LogP contribution in [-0.2, 0) is 21.8 Å². The molecule has 1 aliphatic carbocycles. The van der Waals surface area contributed by atoms with Crippen molar-refractivity contribution in [1.29, 1.82) is 0 Å². The smallest absolute Gasteiger partial charge is 0.255 e. The maximum Gasteiger partial charge on any atom is 0.255 e. The molecule has 0 aromatic carbocycles. The van der Waals surface area contributed by atoms with Gasteiger partial charge in [-0.2, -0.15) is 11.8 Å². The number of hydrogen-bond acceptors (Lipinski definition) is 4. The van der Waals surface area contributed by atoms with E-state index in [2.05, 4.69) is 11.9 Å². The van der Waals surface area contributed by atoms with E-state index in [4.69, 9.17) is 9.72 Å². The van der Waals surface area contributed by atoms with E-state index < -0.39 is 0 Å². The number of H-pyrrole nitrogens is 1.